The summed E-state index contributed by atoms with van der Waals surface area (Å²) in [6, 6.07) is 24.4. The minimum absolute atomic E-state index is 0.284. The monoisotopic (exact) mass is 404 g/mol. The zero-order valence-corrected chi connectivity index (χ0v) is 16.9. The van der Waals surface area contributed by atoms with Gasteiger partial charge in [-0.3, -0.25) is 4.79 Å². The van der Waals surface area contributed by atoms with E-state index in [0.29, 0.717) is 11.4 Å². The molecule has 0 aliphatic carbocycles. The summed E-state index contributed by atoms with van der Waals surface area (Å²) >= 11 is 0. The van der Waals surface area contributed by atoms with Gasteiger partial charge in [0.15, 0.2) is 12.7 Å². The van der Waals surface area contributed by atoms with Gasteiger partial charge in [0.25, 0.3) is 5.91 Å². The van der Waals surface area contributed by atoms with E-state index >= 15 is 0 Å². The molecule has 2 N–H and O–H groups in total. The van der Waals surface area contributed by atoms with Crippen LogP contribution in [0, 0.1) is 6.92 Å². The average molecular weight is 404 g/mol. The highest BCUT2D eigenvalue weighted by molar-refractivity contribution is 5.95. The number of ether oxygens (including phenoxy) is 2. The molecule has 1 amide bonds. The molecule has 1 atom stereocenters. The Morgan fingerprint density at radius 1 is 0.867 bits per heavy atom. The summed E-state index contributed by atoms with van der Waals surface area (Å²) in [5.74, 6) is -0.485. The maximum Gasteiger partial charge on any atom is 0.344 e. The van der Waals surface area contributed by atoms with E-state index in [4.69, 9.17) is 9.47 Å². The molecule has 30 heavy (non-hydrogen) atoms. The second kappa shape index (κ2) is 10.1. The topological polar surface area (TPSA) is 76.7 Å². The lowest BCUT2D eigenvalue weighted by Crippen LogP contribution is -2.31. The minimum atomic E-state index is -0.931. The van der Waals surface area contributed by atoms with Gasteiger partial charge in [-0.25, -0.2) is 4.79 Å². The number of nitrogens with one attached hydrogen (secondary N) is 2. The first-order valence-corrected chi connectivity index (χ1v) is 9.61. The molecule has 0 aliphatic rings. The van der Waals surface area contributed by atoms with Gasteiger partial charge in [-0.15, -0.1) is 0 Å². The number of para-hydroxylation sites is 1. The standard InChI is InChI=1S/C24H24N2O4/c1-17-7-6-10-21(15-17)26-24(28)18(2)30-23(27)16-29-22-13-11-20(12-14-22)25-19-8-4-3-5-9-19/h3-15,18,25H,16H2,1-2H3,(H,26,28)/t18-/m1/s1. The molecule has 154 valence electrons. The highest BCUT2D eigenvalue weighted by Gasteiger charge is 2.18. The van der Waals surface area contributed by atoms with Crippen LogP contribution in [0.4, 0.5) is 17.1 Å². The molecule has 3 aromatic carbocycles. The third-order valence-electron chi connectivity index (χ3n) is 4.24. The van der Waals surface area contributed by atoms with Gasteiger partial charge in [0.1, 0.15) is 5.75 Å². The second-order valence-corrected chi connectivity index (χ2v) is 6.79. The highest BCUT2D eigenvalue weighted by atomic mass is 16.6. The molecule has 0 bridgehead atoms. The van der Waals surface area contributed by atoms with Crippen molar-refractivity contribution in [3.05, 3.63) is 84.4 Å². The highest BCUT2D eigenvalue weighted by Crippen LogP contribution is 2.20. The van der Waals surface area contributed by atoms with Gasteiger partial charge in [-0.2, -0.15) is 0 Å². The van der Waals surface area contributed by atoms with E-state index in [0.717, 1.165) is 16.9 Å². The van der Waals surface area contributed by atoms with Crippen LogP contribution >= 0.6 is 0 Å². The number of esters is 1. The number of anilines is 3. The van der Waals surface area contributed by atoms with Crippen LogP contribution in [0.15, 0.2) is 78.9 Å². The Balaban J connectivity index is 1.44. The van der Waals surface area contributed by atoms with Crippen LogP contribution in [0.3, 0.4) is 0 Å². The first-order chi connectivity index (χ1) is 14.5. The van der Waals surface area contributed by atoms with Crippen LogP contribution in [0.25, 0.3) is 0 Å². The zero-order valence-electron chi connectivity index (χ0n) is 16.9. The number of carbonyl (C=O) groups is 2. The quantitative estimate of drug-likeness (QED) is 0.533. The summed E-state index contributed by atoms with van der Waals surface area (Å²) < 4.78 is 10.6. The number of rotatable bonds is 8. The Kier molecular flexibility index (Phi) is 7.05. The Morgan fingerprint density at radius 2 is 1.53 bits per heavy atom. The second-order valence-electron chi connectivity index (χ2n) is 6.79. The summed E-state index contributed by atoms with van der Waals surface area (Å²) in [6.07, 6.45) is -0.931. The van der Waals surface area contributed by atoms with E-state index in [2.05, 4.69) is 10.6 Å². The fraction of sp³-hybridized carbons (Fsp3) is 0.167. The third-order valence-corrected chi connectivity index (χ3v) is 4.24. The summed E-state index contributed by atoms with van der Waals surface area (Å²) in [7, 11) is 0. The summed E-state index contributed by atoms with van der Waals surface area (Å²) in [4.78, 5) is 24.2. The van der Waals surface area contributed by atoms with Crippen molar-refractivity contribution in [3.63, 3.8) is 0 Å². The lowest BCUT2D eigenvalue weighted by molar-refractivity contribution is -0.155. The van der Waals surface area contributed by atoms with E-state index in [1.54, 1.807) is 18.2 Å². The van der Waals surface area contributed by atoms with E-state index in [9.17, 15) is 9.59 Å². The molecule has 0 heterocycles. The van der Waals surface area contributed by atoms with E-state index in [-0.39, 0.29) is 6.61 Å². The van der Waals surface area contributed by atoms with Crippen molar-refractivity contribution in [3.8, 4) is 5.75 Å². The molecule has 0 aromatic heterocycles. The average Bonchev–Trinajstić information content (AvgIpc) is 2.74. The maximum atomic E-state index is 12.2. The Hall–Kier alpha value is -3.80. The van der Waals surface area contributed by atoms with Gasteiger partial charge in [0.2, 0.25) is 0 Å². The number of aryl methyl sites for hydroxylation is 1. The van der Waals surface area contributed by atoms with Crippen LogP contribution in [-0.4, -0.2) is 24.6 Å². The third kappa shape index (κ3) is 6.38. The molecule has 0 radical (unpaired) electrons. The fourth-order valence-electron chi connectivity index (χ4n) is 2.72. The molecule has 6 nitrogen and oxygen atoms in total. The van der Waals surface area contributed by atoms with Crippen molar-refractivity contribution in [1.82, 2.24) is 0 Å². The van der Waals surface area contributed by atoms with Crippen LogP contribution in [-0.2, 0) is 14.3 Å². The van der Waals surface area contributed by atoms with Crippen LogP contribution in [0.1, 0.15) is 12.5 Å². The lowest BCUT2D eigenvalue weighted by Gasteiger charge is -2.14. The van der Waals surface area contributed by atoms with E-state index in [1.807, 2.05) is 67.6 Å². The molecule has 0 saturated heterocycles. The molecule has 6 heteroatoms. The number of hydrogen-bond acceptors (Lipinski definition) is 5. The molecule has 3 rings (SSSR count). The van der Waals surface area contributed by atoms with Crippen molar-refractivity contribution >= 4 is 28.9 Å². The number of hydrogen-bond donors (Lipinski definition) is 2. The lowest BCUT2D eigenvalue weighted by atomic mass is 10.2. The fourth-order valence-corrected chi connectivity index (χ4v) is 2.72. The number of amides is 1. The predicted molar refractivity (Wildman–Crippen MR) is 117 cm³/mol. The maximum absolute atomic E-state index is 12.2. The Morgan fingerprint density at radius 3 is 2.23 bits per heavy atom. The number of carbonyl (C=O) groups excluding carboxylic acids is 2. The van der Waals surface area contributed by atoms with Gasteiger partial charge in [0.05, 0.1) is 0 Å². The van der Waals surface area contributed by atoms with Crippen molar-refractivity contribution in [2.45, 2.75) is 20.0 Å². The van der Waals surface area contributed by atoms with Crippen molar-refractivity contribution in [1.29, 1.82) is 0 Å². The van der Waals surface area contributed by atoms with Crippen LogP contribution in [0.5, 0.6) is 5.75 Å². The normalized spacial score (nSPS) is 11.3. The van der Waals surface area contributed by atoms with Crippen molar-refractivity contribution in [2.75, 3.05) is 17.2 Å². The summed E-state index contributed by atoms with van der Waals surface area (Å²) in [5, 5.41) is 5.99. The Bertz CT molecular complexity index is 988. The summed E-state index contributed by atoms with van der Waals surface area (Å²) in [6.45, 7) is 3.17. The first-order valence-electron chi connectivity index (χ1n) is 9.61. The molecule has 0 spiro atoms. The van der Waals surface area contributed by atoms with Gasteiger partial charge >= 0.3 is 5.97 Å². The molecular formula is C24H24N2O4. The number of benzene rings is 3. The summed E-state index contributed by atoms with van der Waals surface area (Å²) in [5.41, 5.74) is 3.56. The minimum Gasteiger partial charge on any atom is -0.482 e. The van der Waals surface area contributed by atoms with Crippen molar-refractivity contribution < 1.29 is 19.1 Å². The SMILES string of the molecule is Cc1cccc(NC(=O)[C@@H](C)OC(=O)COc2ccc(Nc3ccccc3)cc2)c1. The molecule has 0 fully saturated rings. The molecular weight excluding hydrogens is 380 g/mol. The largest absolute Gasteiger partial charge is 0.482 e. The first kappa shape index (κ1) is 20.9. The molecule has 3 aromatic rings. The molecule has 0 unspecified atom stereocenters. The van der Waals surface area contributed by atoms with E-state index < -0.39 is 18.0 Å². The van der Waals surface area contributed by atoms with Gasteiger partial charge in [-0.05, 0) is 67.9 Å². The molecule has 0 aliphatic heterocycles. The van der Waals surface area contributed by atoms with Gasteiger partial charge in [-0.1, -0.05) is 30.3 Å². The zero-order chi connectivity index (χ0) is 21.3. The predicted octanol–water partition coefficient (Wildman–Crippen LogP) is 4.69. The molecule has 0 saturated carbocycles. The Labute approximate surface area is 175 Å². The van der Waals surface area contributed by atoms with Crippen LogP contribution < -0.4 is 15.4 Å². The van der Waals surface area contributed by atoms with Gasteiger partial charge < -0.3 is 20.1 Å². The van der Waals surface area contributed by atoms with E-state index in [1.165, 1.54) is 6.92 Å². The van der Waals surface area contributed by atoms with Gasteiger partial charge in [0, 0.05) is 17.1 Å². The van der Waals surface area contributed by atoms with Crippen LogP contribution in [0.2, 0.25) is 0 Å². The smallest absolute Gasteiger partial charge is 0.344 e. The van der Waals surface area contributed by atoms with Crippen molar-refractivity contribution in [2.24, 2.45) is 0 Å².